The molecule has 0 fully saturated rings. The van der Waals surface area contributed by atoms with Crippen LogP contribution in [-0.4, -0.2) is 21.7 Å². The van der Waals surface area contributed by atoms with Gasteiger partial charge in [0.15, 0.2) is 4.34 Å². The van der Waals surface area contributed by atoms with E-state index in [2.05, 4.69) is 42.7 Å². The third kappa shape index (κ3) is 3.77. The normalized spacial score (nSPS) is 10.3. The molecule has 3 nitrogen and oxygen atoms in total. The molecule has 0 bridgehead atoms. The van der Waals surface area contributed by atoms with Crippen LogP contribution in [0.5, 0.6) is 0 Å². The Morgan fingerprint density at radius 2 is 2.12 bits per heavy atom. The summed E-state index contributed by atoms with van der Waals surface area (Å²) in [6, 6.07) is 8.17. The Balaban J connectivity index is 1.70. The standard InChI is InChI=1S/C10H10BrN3S2/c11-8-1-3-9(4-2-8)12-5-6-15-10-13-7-14-16-10/h1-4,7,12H,5-6H2. The lowest BCUT2D eigenvalue weighted by atomic mass is 10.3. The second-order valence-corrected chi connectivity index (χ2v) is 6.03. The number of aromatic nitrogens is 2. The largest absolute Gasteiger partial charge is 0.384 e. The molecule has 16 heavy (non-hydrogen) atoms. The number of thioether (sulfide) groups is 1. The molecule has 0 aliphatic rings. The van der Waals surface area contributed by atoms with Crippen molar-refractivity contribution >= 4 is 44.9 Å². The molecule has 0 saturated carbocycles. The fraction of sp³-hybridized carbons (Fsp3) is 0.200. The van der Waals surface area contributed by atoms with Gasteiger partial charge in [0, 0.05) is 22.5 Å². The van der Waals surface area contributed by atoms with Crippen molar-refractivity contribution in [2.45, 2.75) is 4.34 Å². The van der Waals surface area contributed by atoms with Crippen molar-refractivity contribution in [2.75, 3.05) is 17.6 Å². The summed E-state index contributed by atoms with van der Waals surface area (Å²) >= 11 is 6.57. The van der Waals surface area contributed by atoms with E-state index in [9.17, 15) is 0 Å². The lowest BCUT2D eigenvalue weighted by molar-refractivity contribution is 1.19. The molecule has 1 heterocycles. The van der Waals surface area contributed by atoms with Crippen molar-refractivity contribution in [3.05, 3.63) is 35.1 Å². The van der Waals surface area contributed by atoms with Crippen LogP contribution >= 0.6 is 39.2 Å². The highest BCUT2D eigenvalue weighted by molar-refractivity contribution is 9.10. The van der Waals surface area contributed by atoms with Crippen LogP contribution in [-0.2, 0) is 0 Å². The summed E-state index contributed by atoms with van der Waals surface area (Å²) in [6.07, 6.45) is 1.59. The van der Waals surface area contributed by atoms with Gasteiger partial charge in [-0.05, 0) is 35.8 Å². The maximum Gasteiger partial charge on any atom is 0.169 e. The molecule has 0 spiro atoms. The second-order valence-electron chi connectivity index (χ2n) is 2.99. The molecule has 0 saturated heterocycles. The molecule has 2 rings (SSSR count). The first-order valence-corrected chi connectivity index (χ1v) is 7.29. The van der Waals surface area contributed by atoms with Crippen LogP contribution in [0.3, 0.4) is 0 Å². The average Bonchev–Trinajstić information content (AvgIpc) is 2.80. The van der Waals surface area contributed by atoms with Crippen LogP contribution in [0.4, 0.5) is 5.69 Å². The highest BCUT2D eigenvalue weighted by Crippen LogP contribution is 2.18. The third-order valence-electron chi connectivity index (χ3n) is 1.84. The molecule has 1 aromatic carbocycles. The van der Waals surface area contributed by atoms with Gasteiger partial charge in [0.25, 0.3) is 0 Å². The molecule has 0 aliphatic heterocycles. The Bertz CT molecular complexity index is 416. The van der Waals surface area contributed by atoms with Crippen LogP contribution in [0.1, 0.15) is 0 Å². The summed E-state index contributed by atoms with van der Waals surface area (Å²) in [5.74, 6) is 0.991. The van der Waals surface area contributed by atoms with Crippen molar-refractivity contribution < 1.29 is 0 Å². The van der Waals surface area contributed by atoms with E-state index in [0.29, 0.717) is 0 Å². The Labute approximate surface area is 111 Å². The fourth-order valence-corrected chi connectivity index (χ4v) is 2.76. The molecule has 1 aromatic heterocycles. The van der Waals surface area contributed by atoms with Gasteiger partial charge in [0.2, 0.25) is 0 Å². The predicted octanol–water partition coefficient (Wildman–Crippen LogP) is 3.50. The van der Waals surface area contributed by atoms with Gasteiger partial charge < -0.3 is 5.32 Å². The number of anilines is 1. The topological polar surface area (TPSA) is 37.8 Å². The van der Waals surface area contributed by atoms with E-state index in [1.807, 2.05) is 12.1 Å². The molecule has 2 aromatic rings. The van der Waals surface area contributed by atoms with E-state index in [4.69, 9.17) is 0 Å². The van der Waals surface area contributed by atoms with E-state index in [0.717, 1.165) is 26.8 Å². The number of nitrogens with one attached hydrogen (secondary N) is 1. The average molecular weight is 316 g/mol. The van der Waals surface area contributed by atoms with E-state index in [1.54, 1.807) is 18.1 Å². The van der Waals surface area contributed by atoms with Gasteiger partial charge in [-0.2, -0.15) is 4.37 Å². The van der Waals surface area contributed by atoms with Gasteiger partial charge in [0.1, 0.15) is 6.33 Å². The Morgan fingerprint density at radius 3 is 2.81 bits per heavy atom. The second kappa shape index (κ2) is 6.22. The predicted molar refractivity (Wildman–Crippen MR) is 73.3 cm³/mol. The van der Waals surface area contributed by atoms with E-state index in [1.165, 1.54) is 11.5 Å². The summed E-state index contributed by atoms with van der Waals surface area (Å²) in [4.78, 5) is 4.11. The van der Waals surface area contributed by atoms with Crippen molar-refractivity contribution in [3.8, 4) is 0 Å². The monoisotopic (exact) mass is 315 g/mol. The summed E-state index contributed by atoms with van der Waals surface area (Å²) in [5, 5.41) is 3.35. The number of rotatable bonds is 5. The minimum Gasteiger partial charge on any atom is -0.384 e. The SMILES string of the molecule is Brc1ccc(NCCSc2ncns2)cc1. The molecule has 1 N–H and O–H groups in total. The molecule has 0 aliphatic carbocycles. The molecule has 0 unspecified atom stereocenters. The zero-order chi connectivity index (χ0) is 11.2. The van der Waals surface area contributed by atoms with Crippen LogP contribution in [0, 0.1) is 0 Å². The number of hydrogen-bond acceptors (Lipinski definition) is 5. The Morgan fingerprint density at radius 1 is 1.31 bits per heavy atom. The zero-order valence-electron chi connectivity index (χ0n) is 8.39. The molecule has 84 valence electrons. The lowest BCUT2D eigenvalue weighted by Crippen LogP contribution is -2.03. The summed E-state index contributed by atoms with van der Waals surface area (Å²) in [6.45, 7) is 0.922. The molecule has 0 radical (unpaired) electrons. The number of nitrogens with zero attached hydrogens (tertiary/aromatic N) is 2. The first-order valence-electron chi connectivity index (χ1n) is 4.73. The summed E-state index contributed by atoms with van der Waals surface area (Å²) in [7, 11) is 0. The molecule has 0 atom stereocenters. The van der Waals surface area contributed by atoms with Gasteiger partial charge in [-0.3, -0.25) is 0 Å². The van der Waals surface area contributed by atoms with Gasteiger partial charge in [-0.1, -0.05) is 27.7 Å². The van der Waals surface area contributed by atoms with Gasteiger partial charge in [0.05, 0.1) is 0 Å². The highest BCUT2D eigenvalue weighted by Gasteiger charge is 1.97. The van der Waals surface area contributed by atoms with E-state index < -0.39 is 0 Å². The number of benzene rings is 1. The number of hydrogen-bond donors (Lipinski definition) is 1. The first-order chi connectivity index (χ1) is 7.84. The summed E-state index contributed by atoms with van der Waals surface area (Å²) in [5.41, 5.74) is 1.14. The third-order valence-corrected chi connectivity index (χ3v) is 4.17. The molecule has 0 amide bonds. The van der Waals surface area contributed by atoms with Crippen LogP contribution < -0.4 is 5.32 Å². The van der Waals surface area contributed by atoms with Crippen LogP contribution in [0.2, 0.25) is 0 Å². The zero-order valence-corrected chi connectivity index (χ0v) is 11.6. The van der Waals surface area contributed by atoms with E-state index >= 15 is 0 Å². The Hall–Kier alpha value is -0.590. The maximum atomic E-state index is 4.11. The number of halogens is 1. The Kier molecular flexibility index (Phi) is 4.62. The van der Waals surface area contributed by atoms with Crippen molar-refractivity contribution in [3.63, 3.8) is 0 Å². The molecular formula is C10H10BrN3S2. The lowest BCUT2D eigenvalue weighted by Gasteiger charge is -2.04. The van der Waals surface area contributed by atoms with Crippen molar-refractivity contribution in [1.29, 1.82) is 0 Å². The quantitative estimate of drug-likeness (QED) is 0.677. The highest BCUT2D eigenvalue weighted by atomic mass is 79.9. The van der Waals surface area contributed by atoms with Gasteiger partial charge in [-0.15, -0.1) is 0 Å². The van der Waals surface area contributed by atoms with Crippen molar-refractivity contribution in [1.82, 2.24) is 9.36 Å². The minimum atomic E-state index is 0.922. The van der Waals surface area contributed by atoms with Crippen molar-refractivity contribution in [2.24, 2.45) is 0 Å². The fourth-order valence-electron chi connectivity index (χ4n) is 1.13. The van der Waals surface area contributed by atoms with E-state index in [-0.39, 0.29) is 0 Å². The maximum absolute atomic E-state index is 4.11. The minimum absolute atomic E-state index is 0.922. The smallest absolute Gasteiger partial charge is 0.169 e. The molecule has 6 heteroatoms. The molecular weight excluding hydrogens is 306 g/mol. The first kappa shape index (κ1) is 11.9. The van der Waals surface area contributed by atoms with Gasteiger partial charge in [-0.25, -0.2) is 4.98 Å². The van der Waals surface area contributed by atoms with Gasteiger partial charge >= 0.3 is 0 Å². The van der Waals surface area contributed by atoms with Crippen LogP contribution in [0.25, 0.3) is 0 Å². The summed E-state index contributed by atoms with van der Waals surface area (Å²) < 4.78 is 6.08. The van der Waals surface area contributed by atoms with Crippen LogP contribution in [0.15, 0.2) is 39.4 Å².